The van der Waals surface area contributed by atoms with Crippen LogP contribution in [0.2, 0.25) is 0 Å². The molecule has 0 saturated heterocycles. The van der Waals surface area contributed by atoms with E-state index in [2.05, 4.69) is 44.3 Å². The van der Waals surface area contributed by atoms with Gasteiger partial charge in [-0.05, 0) is 37.5 Å². The number of hydrogen-bond acceptors (Lipinski definition) is 4. The van der Waals surface area contributed by atoms with Gasteiger partial charge < -0.3 is 9.88 Å². The molecule has 1 aliphatic carbocycles. The predicted octanol–water partition coefficient (Wildman–Crippen LogP) is 5.41. The number of aryl methyl sites for hydroxylation is 1. The first-order valence-corrected chi connectivity index (χ1v) is 11.6. The Bertz CT molecular complexity index is 963. The second-order valence-corrected chi connectivity index (χ2v) is 8.87. The highest BCUT2D eigenvalue weighted by atomic mass is 32.2. The normalized spacial score (nSPS) is 14.6. The summed E-state index contributed by atoms with van der Waals surface area (Å²) in [6.07, 6.45) is 6.86. The zero-order valence-electron chi connectivity index (χ0n) is 17.4. The fourth-order valence-corrected chi connectivity index (χ4v) is 4.80. The summed E-state index contributed by atoms with van der Waals surface area (Å²) in [4.78, 5) is 12.5. The first-order chi connectivity index (χ1) is 14.7. The van der Waals surface area contributed by atoms with E-state index < -0.39 is 0 Å². The van der Waals surface area contributed by atoms with Crippen molar-refractivity contribution in [3.8, 4) is 0 Å². The fraction of sp³-hybridized carbons (Fsp3) is 0.375. The maximum Gasteiger partial charge on any atom is 0.234 e. The number of anilines is 1. The van der Waals surface area contributed by atoms with Crippen molar-refractivity contribution < 1.29 is 4.79 Å². The third kappa shape index (κ3) is 5.30. The van der Waals surface area contributed by atoms with Gasteiger partial charge in [0.15, 0.2) is 5.16 Å². The Balaban J connectivity index is 1.47. The van der Waals surface area contributed by atoms with Gasteiger partial charge in [-0.15, -0.1) is 10.2 Å². The van der Waals surface area contributed by atoms with Gasteiger partial charge in [0, 0.05) is 18.2 Å². The molecule has 1 amide bonds. The number of aromatic nitrogens is 3. The molecule has 30 heavy (non-hydrogen) atoms. The van der Waals surface area contributed by atoms with E-state index in [1.807, 2.05) is 37.3 Å². The minimum atomic E-state index is -0.0216. The number of thioether (sulfide) groups is 1. The van der Waals surface area contributed by atoms with Crippen LogP contribution in [0.25, 0.3) is 0 Å². The van der Waals surface area contributed by atoms with Crippen molar-refractivity contribution in [2.45, 2.75) is 56.6 Å². The van der Waals surface area contributed by atoms with Crippen LogP contribution in [0.4, 0.5) is 5.69 Å². The molecule has 2 aromatic carbocycles. The van der Waals surface area contributed by atoms with Crippen LogP contribution < -0.4 is 5.32 Å². The van der Waals surface area contributed by atoms with Gasteiger partial charge in [-0.2, -0.15) is 0 Å². The smallest absolute Gasteiger partial charge is 0.234 e. The molecule has 0 spiro atoms. The van der Waals surface area contributed by atoms with Gasteiger partial charge in [-0.1, -0.05) is 79.1 Å². The lowest BCUT2D eigenvalue weighted by atomic mass is 9.95. The minimum Gasteiger partial charge on any atom is -0.325 e. The first kappa shape index (κ1) is 20.7. The summed E-state index contributed by atoms with van der Waals surface area (Å²) < 4.78 is 2.30. The molecule has 0 bridgehead atoms. The predicted molar refractivity (Wildman–Crippen MR) is 122 cm³/mol. The zero-order chi connectivity index (χ0) is 20.8. The highest BCUT2D eigenvalue weighted by Crippen LogP contribution is 2.33. The Labute approximate surface area is 182 Å². The zero-order valence-corrected chi connectivity index (χ0v) is 18.2. The van der Waals surface area contributed by atoms with E-state index in [4.69, 9.17) is 0 Å². The Hall–Kier alpha value is -2.60. The number of rotatable bonds is 7. The monoisotopic (exact) mass is 420 g/mol. The molecule has 1 saturated carbocycles. The highest BCUT2D eigenvalue weighted by Gasteiger charge is 2.23. The van der Waals surface area contributed by atoms with E-state index in [-0.39, 0.29) is 5.91 Å². The van der Waals surface area contributed by atoms with Crippen molar-refractivity contribution in [1.29, 1.82) is 0 Å². The van der Waals surface area contributed by atoms with Gasteiger partial charge in [0.2, 0.25) is 5.91 Å². The van der Waals surface area contributed by atoms with E-state index in [1.165, 1.54) is 42.2 Å². The van der Waals surface area contributed by atoms with E-state index in [1.54, 1.807) is 0 Å². The van der Waals surface area contributed by atoms with Crippen molar-refractivity contribution in [2.75, 3.05) is 11.1 Å². The second kappa shape index (κ2) is 9.94. The molecule has 1 aromatic heterocycles. The van der Waals surface area contributed by atoms with Gasteiger partial charge in [-0.3, -0.25) is 4.79 Å². The minimum absolute atomic E-state index is 0.0216. The summed E-state index contributed by atoms with van der Waals surface area (Å²) in [7, 11) is 0. The molecule has 156 valence electrons. The van der Waals surface area contributed by atoms with Crippen LogP contribution >= 0.6 is 11.8 Å². The van der Waals surface area contributed by atoms with Crippen molar-refractivity contribution in [2.24, 2.45) is 0 Å². The number of hydrogen-bond donors (Lipinski definition) is 1. The number of nitrogens with zero attached hydrogens (tertiary/aromatic N) is 3. The van der Waals surface area contributed by atoms with Crippen molar-refractivity contribution in [3.63, 3.8) is 0 Å². The van der Waals surface area contributed by atoms with Crippen LogP contribution in [-0.2, 0) is 11.2 Å². The van der Waals surface area contributed by atoms with Crippen LogP contribution in [0.3, 0.4) is 0 Å². The molecule has 0 unspecified atom stereocenters. The Morgan fingerprint density at radius 2 is 1.77 bits per heavy atom. The Morgan fingerprint density at radius 1 is 1.03 bits per heavy atom. The van der Waals surface area contributed by atoms with E-state index in [9.17, 15) is 4.79 Å². The molecule has 6 heteroatoms. The summed E-state index contributed by atoms with van der Waals surface area (Å²) in [6, 6.07) is 18.7. The van der Waals surface area contributed by atoms with Crippen LogP contribution in [-0.4, -0.2) is 26.4 Å². The highest BCUT2D eigenvalue weighted by molar-refractivity contribution is 7.99. The van der Waals surface area contributed by atoms with Crippen LogP contribution in [0.15, 0.2) is 59.8 Å². The lowest BCUT2D eigenvalue weighted by Gasteiger charge is -2.25. The molecule has 4 rings (SSSR count). The summed E-state index contributed by atoms with van der Waals surface area (Å²) in [6.45, 7) is 2.03. The van der Waals surface area contributed by atoms with E-state index in [0.29, 0.717) is 11.8 Å². The Morgan fingerprint density at radius 3 is 2.50 bits per heavy atom. The Kier molecular flexibility index (Phi) is 6.84. The topological polar surface area (TPSA) is 59.8 Å². The molecule has 1 fully saturated rings. The molecule has 3 aromatic rings. The molecular weight excluding hydrogens is 392 g/mol. The van der Waals surface area contributed by atoms with Crippen LogP contribution in [0, 0.1) is 6.92 Å². The average Bonchev–Trinajstić information content (AvgIpc) is 3.17. The number of benzene rings is 2. The lowest BCUT2D eigenvalue weighted by Crippen LogP contribution is -2.18. The third-order valence-electron chi connectivity index (χ3n) is 5.55. The number of amides is 1. The standard InChI is InChI=1S/C24H28N4OS/c1-18-12-14-20(15-13-18)25-23(29)17-30-24-27-26-22(16-19-8-4-2-5-9-19)28(24)21-10-6-3-7-11-21/h2,4-5,8-9,12-15,21H,3,6-7,10-11,16-17H2,1H3,(H,25,29). The summed E-state index contributed by atoms with van der Waals surface area (Å²) in [5, 5.41) is 12.8. The van der Waals surface area contributed by atoms with Gasteiger partial charge in [0.1, 0.15) is 5.82 Å². The maximum absolute atomic E-state index is 12.5. The molecule has 0 atom stereocenters. The van der Waals surface area contributed by atoms with Gasteiger partial charge in [0.05, 0.1) is 5.75 Å². The van der Waals surface area contributed by atoms with Crippen molar-refractivity contribution in [3.05, 3.63) is 71.5 Å². The average molecular weight is 421 g/mol. The SMILES string of the molecule is Cc1ccc(NC(=O)CSc2nnc(Cc3ccccc3)n2C2CCCCC2)cc1. The van der Waals surface area contributed by atoms with Gasteiger partial charge in [0.25, 0.3) is 0 Å². The van der Waals surface area contributed by atoms with Crippen molar-refractivity contribution in [1.82, 2.24) is 14.8 Å². The van der Waals surface area contributed by atoms with E-state index >= 15 is 0 Å². The number of nitrogens with one attached hydrogen (secondary N) is 1. The van der Waals surface area contributed by atoms with E-state index in [0.717, 1.165) is 35.9 Å². The molecule has 5 nitrogen and oxygen atoms in total. The third-order valence-corrected chi connectivity index (χ3v) is 6.49. The molecular formula is C24H28N4OS. The van der Waals surface area contributed by atoms with Crippen LogP contribution in [0.5, 0.6) is 0 Å². The second-order valence-electron chi connectivity index (χ2n) is 7.93. The molecule has 1 N–H and O–H groups in total. The summed E-state index contributed by atoms with van der Waals surface area (Å²) >= 11 is 1.48. The van der Waals surface area contributed by atoms with Gasteiger partial charge >= 0.3 is 0 Å². The molecule has 0 aliphatic heterocycles. The quantitative estimate of drug-likeness (QED) is 0.519. The molecule has 1 heterocycles. The maximum atomic E-state index is 12.5. The largest absolute Gasteiger partial charge is 0.325 e. The van der Waals surface area contributed by atoms with Crippen molar-refractivity contribution >= 4 is 23.4 Å². The summed E-state index contributed by atoms with van der Waals surface area (Å²) in [5.41, 5.74) is 3.23. The first-order valence-electron chi connectivity index (χ1n) is 10.7. The van der Waals surface area contributed by atoms with Crippen LogP contribution in [0.1, 0.15) is 55.1 Å². The molecule has 1 aliphatic rings. The summed E-state index contributed by atoms with van der Waals surface area (Å²) in [5.74, 6) is 1.30. The molecule has 0 radical (unpaired) electrons. The van der Waals surface area contributed by atoms with Gasteiger partial charge in [-0.25, -0.2) is 0 Å². The number of carbonyl (C=O) groups is 1. The lowest BCUT2D eigenvalue weighted by molar-refractivity contribution is -0.113. The fourth-order valence-electron chi connectivity index (χ4n) is 3.97. The number of carbonyl (C=O) groups excluding carboxylic acids is 1.